The fourth-order valence-electron chi connectivity index (χ4n) is 3.57. The highest BCUT2D eigenvalue weighted by Crippen LogP contribution is 2.32. The molecule has 0 amide bonds. The average molecular weight is 437 g/mol. The number of anilines is 3. The predicted octanol–water partition coefficient (Wildman–Crippen LogP) is 4.49. The van der Waals surface area contributed by atoms with Crippen LogP contribution in [0.15, 0.2) is 77.7 Å². The van der Waals surface area contributed by atoms with Gasteiger partial charge in [0.05, 0.1) is 9.82 Å². The summed E-state index contributed by atoms with van der Waals surface area (Å²) in [7, 11) is -1.19. The Kier molecular flexibility index (Phi) is 6.29. The molecular formula is C23H24N4O3S. The fourth-order valence-corrected chi connectivity index (χ4v) is 4.73. The van der Waals surface area contributed by atoms with Crippen molar-refractivity contribution in [2.75, 3.05) is 36.4 Å². The first-order valence-corrected chi connectivity index (χ1v) is 11.2. The molecule has 1 aliphatic heterocycles. The number of nitro groups is 1. The molecule has 1 atom stereocenters. The van der Waals surface area contributed by atoms with Crippen LogP contribution in [-0.2, 0) is 11.0 Å². The summed E-state index contributed by atoms with van der Waals surface area (Å²) in [6, 6.07) is 22.3. The van der Waals surface area contributed by atoms with E-state index in [1.165, 1.54) is 6.07 Å². The van der Waals surface area contributed by atoms with Gasteiger partial charge in [-0.25, -0.2) is 8.51 Å². The van der Waals surface area contributed by atoms with E-state index in [4.69, 9.17) is 0 Å². The van der Waals surface area contributed by atoms with Crippen LogP contribution >= 0.6 is 0 Å². The molecule has 0 aliphatic carbocycles. The van der Waals surface area contributed by atoms with Crippen molar-refractivity contribution in [1.82, 2.24) is 4.31 Å². The van der Waals surface area contributed by atoms with Gasteiger partial charge < -0.3 is 10.2 Å². The molecule has 0 aromatic heterocycles. The molecule has 0 radical (unpaired) electrons. The van der Waals surface area contributed by atoms with Crippen molar-refractivity contribution in [3.05, 3.63) is 88.5 Å². The number of piperazine rings is 1. The molecule has 4 rings (SSSR count). The minimum absolute atomic E-state index is 0.0340. The van der Waals surface area contributed by atoms with E-state index < -0.39 is 11.0 Å². The Morgan fingerprint density at radius 3 is 2.26 bits per heavy atom. The van der Waals surface area contributed by atoms with Crippen molar-refractivity contribution in [1.29, 1.82) is 0 Å². The fraction of sp³-hybridized carbons (Fsp3) is 0.217. The SMILES string of the molecule is Cc1ccc(S(=O)N2CCN(c3ccc([N+](=O)[O-])c(Nc4ccccc4)c3)CC2)cc1. The number of aryl methyl sites for hydroxylation is 1. The summed E-state index contributed by atoms with van der Waals surface area (Å²) >= 11 is 0. The van der Waals surface area contributed by atoms with Gasteiger partial charge in [0.25, 0.3) is 5.69 Å². The Morgan fingerprint density at radius 1 is 0.935 bits per heavy atom. The lowest BCUT2D eigenvalue weighted by molar-refractivity contribution is -0.383. The van der Waals surface area contributed by atoms with Gasteiger partial charge in [0.1, 0.15) is 16.7 Å². The lowest BCUT2D eigenvalue weighted by Gasteiger charge is -2.35. The Morgan fingerprint density at radius 2 is 1.61 bits per heavy atom. The highest BCUT2D eigenvalue weighted by atomic mass is 32.2. The summed E-state index contributed by atoms with van der Waals surface area (Å²) in [5.74, 6) is 0. The summed E-state index contributed by atoms with van der Waals surface area (Å²) in [4.78, 5) is 14.1. The van der Waals surface area contributed by atoms with Crippen LogP contribution in [-0.4, -0.2) is 39.6 Å². The molecule has 0 bridgehead atoms. The maximum atomic E-state index is 12.9. The molecule has 8 heteroatoms. The van der Waals surface area contributed by atoms with Crippen molar-refractivity contribution in [2.24, 2.45) is 0 Å². The number of benzene rings is 3. The van der Waals surface area contributed by atoms with Gasteiger partial charge in [-0.2, -0.15) is 0 Å². The van der Waals surface area contributed by atoms with Crippen LogP contribution in [0.3, 0.4) is 0 Å². The molecule has 1 aliphatic rings. The molecule has 1 N–H and O–H groups in total. The van der Waals surface area contributed by atoms with E-state index in [0.717, 1.165) is 21.8 Å². The van der Waals surface area contributed by atoms with E-state index in [1.807, 2.05) is 71.9 Å². The molecule has 0 spiro atoms. The highest BCUT2D eigenvalue weighted by molar-refractivity contribution is 7.82. The lowest BCUT2D eigenvalue weighted by atomic mass is 10.2. The summed E-state index contributed by atoms with van der Waals surface area (Å²) in [6.45, 7) is 4.70. The average Bonchev–Trinajstić information content (AvgIpc) is 2.80. The predicted molar refractivity (Wildman–Crippen MR) is 124 cm³/mol. The molecule has 7 nitrogen and oxygen atoms in total. The number of para-hydroxylation sites is 1. The topological polar surface area (TPSA) is 78.7 Å². The number of rotatable bonds is 6. The number of nitrogens with zero attached hydrogens (tertiary/aromatic N) is 3. The van der Waals surface area contributed by atoms with Gasteiger partial charge in [0, 0.05) is 43.6 Å². The van der Waals surface area contributed by atoms with Gasteiger partial charge in [-0.05, 0) is 43.3 Å². The van der Waals surface area contributed by atoms with Crippen LogP contribution in [0.25, 0.3) is 0 Å². The first-order valence-electron chi connectivity index (χ1n) is 10.1. The molecule has 1 fully saturated rings. The van der Waals surface area contributed by atoms with E-state index in [1.54, 1.807) is 6.07 Å². The normalized spacial score (nSPS) is 15.5. The number of hydrogen-bond acceptors (Lipinski definition) is 5. The molecule has 1 heterocycles. The van der Waals surface area contributed by atoms with E-state index >= 15 is 0 Å². The van der Waals surface area contributed by atoms with E-state index in [2.05, 4.69) is 10.2 Å². The number of nitrogens with one attached hydrogen (secondary N) is 1. The molecule has 3 aromatic rings. The van der Waals surface area contributed by atoms with E-state index in [9.17, 15) is 14.3 Å². The second kappa shape index (κ2) is 9.28. The zero-order valence-corrected chi connectivity index (χ0v) is 18.0. The second-order valence-corrected chi connectivity index (χ2v) is 8.91. The monoisotopic (exact) mass is 436 g/mol. The molecule has 3 aromatic carbocycles. The minimum atomic E-state index is -1.19. The minimum Gasteiger partial charge on any atom is -0.369 e. The highest BCUT2D eigenvalue weighted by Gasteiger charge is 2.24. The van der Waals surface area contributed by atoms with Gasteiger partial charge in [-0.1, -0.05) is 35.9 Å². The summed E-state index contributed by atoms with van der Waals surface area (Å²) in [5, 5.41) is 14.6. The molecule has 31 heavy (non-hydrogen) atoms. The third-order valence-corrected chi connectivity index (χ3v) is 6.80. The molecule has 160 valence electrons. The maximum absolute atomic E-state index is 12.9. The van der Waals surface area contributed by atoms with Crippen molar-refractivity contribution in [3.63, 3.8) is 0 Å². The first-order chi connectivity index (χ1) is 15.0. The van der Waals surface area contributed by atoms with Gasteiger partial charge in [-0.3, -0.25) is 10.1 Å². The summed E-state index contributed by atoms with van der Waals surface area (Å²) in [5.41, 5.74) is 3.33. The van der Waals surface area contributed by atoms with Crippen LogP contribution in [0.4, 0.5) is 22.7 Å². The molecule has 0 saturated carbocycles. The largest absolute Gasteiger partial charge is 0.369 e. The van der Waals surface area contributed by atoms with E-state index in [0.29, 0.717) is 31.9 Å². The van der Waals surface area contributed by atoms with Crippen LogP contribution in [0, 0.1) is 17.0 Å². The molecule has 1 saturated heterocycles. The molecule has 1 unspecified atom stereocenters. The zero-order valence-electron chi connectivity index (χ0n) is 17.2. The van der Waals surface area contributed by atoms with Crippen molar-refractivity contribution < 1.29 is 9.13 Å². The van der Waals surface area contributed by atoms with Gasteiger partial charge in [0.2, 0.25) is 0 Å². The summed E-state index contributed by atoms with van der Waals surface area (Å²) in [6.07, 6.45) is 0. The summed E-state index contributed by atoms with van der Waals surface area (Å²) < 4.78 is 14.8. The number of hydrogen-bond donors (Lipinski definition) is 1. The van der Waals surface area contributed by atoms with Gasteiger partial charge >= 0.3 is 0 Å². The van der Waals surface area contributed by atoms with Crippen molar-refractivity contribution in [3.8, 4) is 0 Å². The number of nitro benzene ring substituents is 1. The third kappa shape index (κ3) is 4.92. The third-order valence-electron chi connectivity index (χ3n) is 5.29. The Hall–Kier alpha value is -3.23. The zero-order chi connectivity index (χ0) is 21.8. The van der Waals surface area contributed by atoms with Gasteiger partial charge in [0.15, 0.2) is 0 Å². The van der Waals surface area contributed by atoms with Crippen LogP contribution in [0.1, 0.15) is 5.56 Å². The quantitative estimate of drug-likeness (QED) is 0.455. The Bertz CT molecular complexity index is 1080. The first kappa shape index (κ1) is 21.0. The van der Waals surface area contributed by atoms with Crippen LogP contribution in [0.5, 0.6) is 0 Å². The maximum Gasteiger partial charge on any atom is 0.292 e. The van der Waals surface area contributed by atoms with Crippen molar-refractivity contribution in [2.45, 2.75) is 11.8 Å². The van der Waals surface area contributed by atoms with Crippen molar-refractivity contribution >= 4 is 33.7 Å². The van der Waals surface area contributed by atoms with E-state index in [-0.39, 0.29) is 10.6 Å². The smallest absolute Gasteiger partial charge is 0.292 e. The standard InChI is InChI=1S/C23H24N4O3S/c1-18-7-10-21(11-8-18)31(30)26-15-13-25(14-16-26)20-9-12-23(27(28)29)22(17-20)24-19-5-3-2-4-6-19/h2-12,17,24H,13-16H2,1H3. The lowest BCUT2D eigenvalue weighted by Crippen LogP contribution is -2.46. The van der Waals surface area contributed by atoms with Crippen LogP contribution < -0.4 is 10.2 Å². The second-order valence-electron chi connectivity index (χ2n) is 7.43. The van der Waals surface area contributed by atoms with Gasteiger partial charge in [-0.15, -0.1) is 0 Å². The Balaban J connectivity index is 1.48. The molecular weight excluding hydrogens is 412 g/mol. The Labute approximate surface area is 184 Å². The van der Waals surface area contributed by atoms with Crippen LogP contribution in [0.2, 0.25) is 0 Å².